The van der Waals surface area contributed by atoms with Crippen LogP contribution in [-0.2, 0) is 13.1 Å². The molecule has 6 nitrogen and oxygen atoms in total. The fourth-order valence-electron chi connectivity index (χ4n) is 2.14. The number of aromatic nitrogens is 4. The lowest BCUT2D eigenvalue weighted by molar-refractivity contribution is 0.269. The van der Waals surface area contributed by atoms with Crippen LogP contribution in [0.3, 0.4) is 0 Å². The van der Waals surface area contributed by atoms with Gasteiger partial charge in [-0.05, 0) is 24.6 Å². The predicted octanol–water partition coefficient (Wildman–Crippen LogP) is 1.44. The Hall–Kier alpha value is -2.34. The molecule has 2 N–H and O–H groups in total. The van der Waals surface area contributed by atoms with Gasteiger partial charge in [0.1, 0.15) is 5.65 Å². The Labute approximate surface area is 116 Å². The molecule has 0 saturated heterocycles. The molecule has 3 rings (SSSR count). The Morgan fingerprint density at radius 3 is 3.10 bits per heavy atom. The lowest BCUT2D eigenvalue weighted by Crippen LogP contribution is -2.03. The summed E-state index contributed by atoms with van der Waals surface area (Å²) < 4.78 is 3.78. The first-order valence-corrected chi connectivity index (χ1v) is 6.56. The number of pyridine rings is 1. The molecule has 0 spiro atoms. The third kappa shape index (κ3) is 2.50. The first kappa shape index (κ1) is 12.7. The molecule has 0 amide bonds. The van der Waals surface area contributed by atoms with Gasteiger partial charge in [0.25, 0.3) is 0 Å². The number of nitrogens with one attached hydrogen (secondary N) is 1. The van der Waals surface area contributed by atoms with Crippen molar-refractivity contribution in [2.24, 2.45) is 0 Å². The molecule has 20 heavy (non-hydrogen) atoms. The number of rotatable bonds is 5. The minimum atomic E-state index is 0.0910. The number of hydrogen-bond acceptors (Lipinski definition) is 4. The molecule has 0 radical (unpaired) electrons. The lowest BCUT2D eigenvalue weighted by atomic mass is 10.3. The normalized spacial score (nSPS) is 11.1. The molecule has 0 fully saturated rings. The first-order chi connectivity index (χ1) is 9.76. The highest BCUT2D eigenvalue weighted by Gasteiger charge is 2.04. The van der Waals surface area contributed by atoms with Crippen LogP contribution in [0.25, 0.3) is 5.65 Å². The van der Waals surface area contributed by atoms with Gasteiger partial charge >= 0.3 is 0 Å². The van der Waals surface area contributed by atoms with Crippen molar-refractivity contribution in [1.82, 2.24) is 19.2 Å². The Bertz CT molecular complexity index is 715. The molecular formula is C14H17N5O. The third-order valence-electron chi connectivity index (χ3n) is 3.18. The zero-order valence-electron chi connectivity index (χ0n) is 11.3. The van der Waals surface area contributed by atoms with Crippen LogP contribution in [-0.4, -0.2) is 30.9 Å². The van der Waals surface area contributed by atoms with Crippen LogP contribution in [0.1, 0.15) is 11.3 Å². The van der Waals surface area contributed by atoms with E-state index >= 15 is 0 Å². The Morgan fingerprint density at radius 2 is 2.25 bits per heavy atom. The molecule has 0 aromatic carbocycles. The van der Waals surface area contributed by atoms with Crippen LogP contribution in [0.15, 0.2) is 36.9 Å². The molecule has 3 aromatic heterocycles. The zero-order chi connectivity index (χ0) is 13.9. The van der Waals surface area contributed by atoms with E-state index in [4.69, 9.17) is 5.11 Å². The number of hydrogen-bond donors (Lipinski definition) is 2. The average Bonchev–Trinajstić information content (AvgIpc) is 3.03. The summed E-state index contributed by atoms with van der Waals surface area (Å²) in [4.78, 5) is 4.40. The van der Waals surface area contributed by atoms with Crippen LogP contribution in [0.4, 0.5) is 5.69 Å². The number of aryl methyl sites for hydroxylation is 1. The molecule has 0 unspecified atom stereocenters. The van der Waals surface area contributed by atoms with E-state index in [0.29, 0.717) is 13.1 Å². The predicted molar refractivity (Wildman–Crippen MR) is 76.6 cm³/mol. The van der Waals surface area contributed by atoms with Crippen molar-refractivity contribution in [3.63, 3.8) is 0 Å². The minimum Gasteiger partial charge on any atom is -0.394 e. The number of aliphatic hydroxyl groups excluding tert-OH is 1. The molecule has 0 atom stereocenters. The van der Waals surface area contributed by atoms with Crippen LogP contribution < -0.4 is 5.32 Å². The largest absolute Gasteiger partial charge is 0.394 e. The van der Waals surface area contributed by atoms with Crippen molar-refractivity contribution < 1.29 is 5.11 Å². The van der Waals surface area contributed by atoms with Gasteiger partial charge in [-0.3, -0.25) is 4.68 Å². The minimum absolute atomic E-state index is 0.0910. The maximum atomic E-state index is 8.86. The molecule has 0 aliphatic rings. The van der Waals surface area contributed by atoms with Crippen LogP contribution in [0.2, 0.25) is 0 Å². The average molecular weight is 271 g/mol. The second-order valence-electron chi connectivity index (χ2n) is 4.75. The molecular weight excluding hydrogens is 254 g/mol. The Morgan fingerprint density at radius 1 is 1.35 bits per heavy atom. The molecule has 0 aliphatic carbocycles. The van der Waals surface area contributed by atoms with Gasteiger partial charge in [0.2, 0.25) is 0 Å². The summed E-state index contributed by atoms with van der Waals surface area (Å²) in [6.07, 6.45) is 7.54. The van der Waals surface area contributed by atoms with Gasteiger partial charge in [0.15, 0.2) is 0 Å². The number of imidazole rings is 1. The van der Waals surface area contributed by atoms with Crippen molar-refractivity contribution in [2.75, 3.05) is 11.9 Å². The summed E-state index contributed by atoms with van der Waals surface area (Å²) in [6, 6.07) is 4.13. The van der Waals surface area contributed by atoms with E-state index in [2.05, 4.69) is 38.9 Å². The van der Waals surface area contributed by atoms with Gasteiger partial charge in [0.05, 0.1) is 43.5 Å². The third-order valence-corrected chi connectivity index (χ3v) is 3.18. The second kappa shape index (κ2) is 5.34. The number of nitrogens with zero attached hydrogens (tertiary/aromatic N) is 4. The standard InChI is InChI=1S/C14H17N5O/c1-11-2-3-19-13(9-16-14(19)6-11)8-15-12-7-17-18(10-12)4-5-20/h2-3,6-7,9-10,15,20H,4-5,8H2,1H3. The molecule has 6 heteroatoms. The van der Waals surface area contributed by atoms with E-state index in [0.717, 1.165) is 17.0 Å². The van der Waals surface area contributed by atoms with Gasteiger partial charge in [0, 0.05) is 12.4 Å². The van der Waals surface area contributed by atoms with Crippen LogP contribution in [0.5, 0.6) is 0 Å². The highest BCUT2D eigenvalue weighted by molar-refractivity contribution is 5.44. The summed E-state index contributed by atoms with van der Waals surface area (Å²) in [5.74, 6) is 0. The van der Waals surface area contributed by atoms with Gasteiger partial charge in [-0.1, -0.05) is 0 Å². The zero-order valence-corrected chi connectivity index (χ0v) is 11.3. The molecule has 104 valence electrons. The SMILES string of the molecule is Cc1ccn2c(CNc3cnn(CCO)c3)cnc2c1. The summed E-state index contributed by atoms with van der Waals surface area (Å²) in [7, 11) is 0. The molecule has 0 bridgehead atoms. The van der Waals surface area contributed by atoms with E-state index in [1.807, 2.05) is 18.6 Å². The maximum Gasteiger partial charge on any atom is 0.137 e. The van der Waals surface area contributed by atoms with Gasteiger partial charge in [-0.25, -0.2) is 4.98 Å². The van der Waals surface area contributed by atoms with Gasteiger partial charge < -0.3 is 14.8 Å². The Kier molecular flexibility index (Phi) is 3.39. The molecule has 3 heterocycles. The summed E-state index contributed by atoms with van der Waals surface area (Å²) in [6.45, 7) is 3.33. The quantitative estimate of drug-likeness (QED) is 0.737. The van der Waals surface area contributed by atoms with Crippen molar-refractivity contribution in [3.8, 4) is 0 Å². The number of fused-ring (bicyclic) bond motifs is 1. The van der Waals surface area contributed by atoms with E-state index < -0.39 is 0 Å². The second-order valence-corrected chi connectivity index (χ2v) is 4.75. The van der Waals surface area contributed by atoms with Crippen LogP contribution >= 0.6 is 0 Å². The van der Waals surface area contributed by atoms with E-state index in [-0.39, 0.29) is 6.61 Å². The maximum absolute atomic E-state index is 8.86. The van der Waals surface area contributed by atoms with E-state index in [9.17, 15) is 0 Å². The topological polar surface area (TPSA) is 67.4 Å². The summed E-state index contributed by atoms with van der Waals surface area (Å²) in [5.41, 5.74) is 4.18. The van der Waals surface area contributed by atoms with Crippen molar-refractivity contribution in [1.29, 1.82) is 0 Å². The molecule has 3 aromatic rings. The fourth-order valence-corrected chi connectivity index (χ4v) is 2.14. The highest BCUT2D eigenvalue weighted by Crippen LogP contribution is 2.11. The van der Waals surface area contributed by atoms with Gasteiger partial charge in [-0.2, -0.15) is 5.10 Å². The number of anilines is 1. The number of aliphatic hydroxyl groups is 1. The smallest absolute Gasteiger partial charge is 0.137 e. The van der Waals surface area contributed by atoms with Crippen molar-refractivity contribution in [3.05, 3.63) is 48.2 Å². The van der Waals surface area contributed by atoms with E-state index in [1.54, 1.807) is 10.9 Å². The monoisotopic (exact) mass is 271 g/mol. The summed E-state index contributed by atoms with van der Waals surface area (Å²) in [5, 5.41) is 16.3. The van der Waals surface area contributed by atoms with Gasteiger partial charge in [-0.15, -0.1) is 0 Å². The van der Waals surface area contributed by atoms with E-state index in [1.165, 1.54) is 5.56 Å². The first-order valence-electron chi connectivity index (χ1n) is 6.56. The fraction of sp³-hybridized carbons (Fsp3) is 0.286. The van der Waals surface area contributed by atoms with Crippen LogP contribution in [0, 0.1) is 6.92 Å². The van der Waals surface area contributed by atoms with Crippen molar-refractivity contribution in [2.45, 2.75) is 20.0 Å². The highest BCUT2D eigenvalue weighted by atomic mass is 16.3. The van der Waals surface area contributed by atoms with Crippen molar-refractivity contribution >= 4 is 11.3 Å². The lowest BCUT2D eigenvalue weighted by Gasteiger charge is -2.04. The molecule has 0 aliphatic heterocycles. The summed E-state index contributed by atoms with van der Waals surface area (Å²) >= 11 is 0. The Balaban J connectivity index is 1.73. The molecule has 0 saturated carbocycles.